The van der Waals surface area contributed by atoms with Crippen molar-refractivity contribution in [1.82, 2.24) is 19.9 Å². The van der Waals surface area contributed by atoms with Gasteiger partial charge in [-0.15, -0.1) is 0 Å². The zero-order valence-corrected chi connectivity index (χ0v) is 14.8. The summed E-state index contributed by atoms with van der Waals surface area (Å²) in [4.78, 5) is 16.8. The van der Waals surface area contributed by atoms with Crippen LogP contribution in [0.5, 0.6) is 0 Å². The van der Waals surface area contributed by atoms with Gasteiger partial charge in [0, 0.05) is 29.9 Å². The smallest absolute Gasteiger partial charge is 0.182 e. The summed E-state index contributed by atoms with van der Waals surface area (Å²) in [6.45, 7) is 0. The van der Waals surface area contributed by atoms with Gasteiger partial charge in [-0.2, -0.15) is 0 Å². The number of aromatic nitrogens is 4. The van der Waals surface area contributed by atoms with E-state index in [1.807, 2.05) is 0 Å². The molecule has 5 nitrogen and oxygen atoms in total. The third-order valence-electron chi connectivity index (χ3n) is 3.98. The minimum absolute atomic E-state index is 0.126. The van der Waals surface area contributed by atoms with Crippen LogP contribution in [0.1, 0.15) is 0 Å². The number of halogens is 3. The maximum absolute atomic E-state index is 14.9. The quantitative estimate of drug-likeness (QED) is 0.554. The molecule has 0 unspecified atom stereocenters. The molecular formula is C19H12ClF2N5. The normalized spacial score (nSPS) is 11.0. The molecule has 27 heavy (non-hydrogen) atoms. The minimum Gasteiger partial charge on any atom is -0.373 e. The van der Waals surface area contributed by atoms with E-state index in [9.17, 15) is 8.78 Å². The molecule has 0 saturated heterocycles. The van der Waals surface area contributed by atoms with Gasteiger partial charge in [0.2, 0.25) is 0 Å². The van der Waals surface area contributed by atoms with Crippen molar-refractivity contribution in [2.75, 3.05) is 12.4 Å². The third-order valence-corrected chi connectivity index (χ3v) is 4.20. The lowest BCUT2D eigenvalue weighted by Crippen LogP contribution is -2.01. The summed E-state index contributed by atoms with van der Waals surface area (Å²) in [5.74, 6) is -0.391. The van der Waals surface area contributed by atoms with E-state index in [0.29, 0.717) is 28.0 Å². The van der Waals surface area contributed by atoms with Crippen LogP contribution in [0.15, 0.2) is 48.9 Å². The Morgan fingerprint density at radius 3 is 2.48 bits per heavy atom. The average molecular weight is 384 g/mol. The Kier molecular flexibility index (Phi) is 4.37. The highest BCUT2D eigenvalue weighted by Crippen LogP contribution is 2.32. The number of fused-ring (bicyclic) bond motifs is 1. The van der Waals surface area contributed by atoms with Crippen molar-refractivity contribution in [3.63, 3.8) is 0 Å². The van der Waals surface area contributed by atoms with Crippen LogP contribution in [0.3, 0.4) is 0 Å². The Bertz CT molecular complexity index is 1130. The van der Waals surface area contributed by atoms with Crippen molar-refractivity contribution in [3.8, 4) is 22.6 Å². The van der Waals surface area contributed by atoms with Crippen molar-refractivity contribution in [2.24, 2.45) is 0 Å². The lowest BCUT2D eigenvalue weighted by Gasteiger charge is -2.11. The molecule has 0 aliphatic heterocycles. The second-order valence-corrected chi connectivity index (χ2v) is 6.19. The monoisotopic (exact) mass is 383 g/mol. The molecule has 0 fully saturated rings. The summed E-state index contributed by atoms with van der Waals surface area (Å²) in [6, 6.07) is 7.04. The van der Waals surface area contributed by atoms with E-state index in [1.165, 1.54) is 36.8 Å². The summed E-state index contributed by atoms with van der Waals surface area (Å²) >= 11 is 5.92. The SMILES string of the molecule is CNc1nc(-c2cnccn2)nc2c(F)cc(-c3cc(F)cc(Cl)c3)cc12. The molecule has 0 radical (unpaired) electrons. The van der Waals surface area contributed by atoms with Crippen LogP contribution in [-0.4, -0.2) is 27.0 Å². The number of rotatable bonds is 3. The lowest BCUT2D eigenvalue weighted by molar-refractivity contribution is 0.628. The summed E-state index contributed by atoms with van der Waals surface area (Å²) in [5.41, 5.74) is 1.48. The molecule has 0 saturated carbocycles. The Hall–Kier alpha value is -3.19. The van der Waals surface area contributed by atoms with E-state index >= 15 is 0 Å². The second kappa shape index (κ2) is 6.85. The van der Waals surface area contributed by atoms with Crippen LogP contribution in [0.4, 0.5) is 14.6 Å². The predicted octanol–water partition coefficient (Wildman–Crippen LogP) is 4.73. The molecule has 1 N–H and O–H groups in total. The maximum Gasteiger partial charge on any atom is 0.182 e. The number of nitrogens with zero attached hydrogens (tertiary/aromatic N) is 4. The largest absolute Gasteiger partial charge is 0.373 e. The number of anilines is 1. The minimum atomic E-state index is -0.563. The Morgan fingerprint density at radius 1 is 0.963 bits per heavy atom. The molecule has 0 bridgehead atoms. The highest BCUT2D eigenvalue weighted by atomic mass is 35.5. The second-order valence-electron chi connectivity index (χ2n) is 5.75. The lowest BCUT2D eigenvalue weighted by atomic mass is 10.0. The fraction of sp³-hybridized carbons (Fsp3) is 0.0526. The molecule has 0 atom stereocenters. The van der Waals surface area contributed by atoms with Crippen molar-refractivity contribution in [2.45, 2.75) is 0 Å². The highest BCUT2D eigenvalue weighted by molar-refractivity contribution is 6.30. The van der Waals surface area contributed by atoms with E-state index in [4.69, 9.17) is 11.6 Å². The first kappa shape index (κ1) is 17.2. The van der Waals surface area contributed by atoms with Crippen LogP contribution in [0, 0.1) is 11.6 Å². The van der Waals surface area contributed by atoms with Crippen LogP contribution >= 0.6 is 11.6 Å². The highest BCUT2D eigenvalue weighted by Gasteiger charge is 2.15. The molecule has 0 aliphatic rings. The molecule has 2 heterocycles. The predicted molar refractivity (Wildman–Crippen MR) is 100 cm³/mol. The zero-order valence-electron chi connectivity index (χ0n) is 14.0. The van der Waals surface area contributed by atoms with Crippen LogP contribution in [-0.2, 0) is 0 Å². The number of hydrogen-bond acceptors (Lipinski definition) is 5. The van der Waals surface area contributed by atoms with Crippen molar-refractivity contribution < 1.29 is 8.78 Å². The van der Waals surface area contributed by atoms with Gasteiger partial charge in [0.15, 0.2) is 5.82 Å². The summed E-state index contributed by atoms with van der Waals surface area (Å²) in [7, 11) is 1.67. The molecule has 2 aromatic heterocycles. The molecule has 0 aliphatic carbocycles. The molecule has 134 valence electrons. The van der Waals surface area contributed by atoms with Crippen molar-refractivity contribution in [3.05, 3.63) is 65.6 Å². The number of benzene rings is 2. The van der Waals surface area contributed by atoms with Gasteiger partial charge in [-0.1, -0.05) is 11.6 Å². The number of nitrogens with one attached hydrogen (secondary N) is 1. The van der Waals surface area contributed by atoms with Gasteiger partial charge in [0.05, 0.1) is 6.20 Å². The zero-order chi connectivity index (χ0) is 19.0. The van der Waals surface area contributed by atoms with Gasteiger partial charge in [0.1, 0.15) is 28.7 Å². The fourth-order valence-electron chi connectivity index (χ4n) is 2.80. The van der Waals surface area contributed by atoms with Gasteiger partial charge in [0.25, 0.3) is 0 Å². The van der Waals surface area contributed by atoms with Crippen LogP contribution in [0.25, 0.3) is 33.5 Å². The van der Waals surface area contributed by atoms with E-state index in [2.05, 4.69) is 25.3 Å². The topological polar surface area (TPSA) is 63.6 Å². The van der Waals surface area contributed by atoms with E-state index in [-0.39, 0.29) is 16.4 Å². The van der Waals surface area contributed by atoms with Gasteiger partial charge < -0.3 is 5.32 Å². The fourth-order valence-corrected chi connectivity index (χ4v) is 3.02. The third kappa shape index (κ3) is 3.29. The molecule has 4 aromatic rings. The average Bonchev–Trinajstić information content (AvgIpc) is 2.67. The maximum atomic E-state index is 14.9. The Morgan fingerprint density at radius 2 is 1.78 bits per heavy atom. The van der Waals surface area contributed by atoms with Gasteiger partial charge in [-0.3, -0.25) is 4.98 Å². The number of hydrogen-bond donors (Lipinski definition) is 1. The van der Waals surface area contributed by atoms with Gasteiger partial charge in [-0.05, 0) is 41.5 Å². The summed E-state index contributed by atoms with van der Waals surface area (Å²) < 4.78 is 28.6. The van der Waals surface area contributed by atoms with Gasteiger partial charge >= 0.3 is 0 Å². The molecular weight excluding hydrogens is 372 g/mol. The standard InChI is InChI=1S/C19H12ClF2N5/c1-23-18-14-6-11(10-4-12(20)8-13(21)5-10)7-15(22)17(14)26-19(27-18)16-9-24-2-3-25-16/h2-9H,1H3,(H,23,26,27). The van der Waals surface area contributed by atoms with E-state index < -0.39 is 11.6 Å². The van der Waals surface area contributed by atoms with Crippen LogP contribution < -0.4 is 5.32 Å². The summed E-state index contributed by atoms with van der Waals surface area (Å²) in [6.07, 6.45) is 4.54. The van der Waals surface area contributed by atoms with Crippen LogP contribution in [0.2, 0.25) is 5.02 Å². The molecule has 0 spiro atoms. The van der Waals surface area contributed by atoms with E-state index in [0.717, 1.165) is 0 Å². The molecule has 4 rings (SSSR count). The molecule has 2 aromatic carbocycles. The first-order chi connectivity index (χ1) is 13.0. The molecule has 8 heteroatoms. The van der Waals surface area contributed by atoms with Gasteiger partial charge in [-0.25, -0.2) is 23.7 Å². The first-order valence-electron chi connectivity index (χ1n) is 7.97. The van der Waals surface area contributed by atoms with Crippen molar-refractivity contribution >= 4 is 28.3 Å². The summed E-state index contributed by atoms with van der Waals surface area (Å²) in [5, 5.41) is 3.63. The van der Waals surface area contributed by atoms with Crippen molar-refractivity contribution in [1.29, 1.82) is 0 Å². The van der Waals surface area contributed by atoms with E-state index in [1.54, 1.807) is 19.2 Å². The Labute approximate surface area is 158 Å². The Balaban J connectivity index is 1.95. The molecule has 0 amide bonds. The first-order valence-corrected chi connectivity index (χ1v) is 8.35.